The Bertz CT molecular complexity index is 607. The Labute approximate surface area is 209 Å². The Morgan fingerprint density at radius 3 is 1.41 bits per heavy atom. The molecule has 196 valence electrons. The van der Waals surface area contributed by atoms with Crippen molar-refractivity contribution in [2.24, 2.45) is 34.5 Å². The highest BCUT2D eigenvalue weighted by Gasteiger charge is 2.32. The predicted octanol–water partition coefficient (Wildman–Crippen LogP) is 6.67. The summed E-state index contributed by atoms with van der Waals surface area (Å²) in [5, 5.41) is 18.8. The summed E-state index contributed by atoms with van der Waals surface area (Å²) in [6, 6.07) is 0. The van der Waals surface area contributed by atoms with Gasteiger partial charge in [-0.3, -0.25) is 9.59 Å². The molecule has 4 atom stereocenters. The fourth-order valence-corrected chi connectivity index (χ4v) is 5.71. The number of ketones is 2. The highest BCUT2D eigenvalue weighted by atomic mass is 16.3. The van der Waals surface area contributed by atoms with Crippen LogP contribution < -0.4 is 0 Å². The first-order chi connectivity index (χ1) is 16.1. The van der Waals surface area contributed by atoms with E-state index >= 15 is 0 Å². The Morgan fingerprint density at radius 2 is 1.06 bits per heavy atom. The number of aliphatic hydroxyl groups is 2. The van der Waals surface area contributed by atoms with Gasteiger partial charge in [-0.05, 0) is 62.2 Å². The van der Waals surface area contributed by atoms with Crippen LogP contribution in [0.4, 0.5) is 0 Å². The van der Waals surface area contributed by atoms with Gasteiger partial charge in [0.2, 0.25) is 0 Å². The molecule has 4 unspecified atom stereocenters. The summed E-state index contributed by atoms with van der Waals surface area (Å²) in [5.74, 6) is 1.07. The molecule has 0 aromatic carbocycles. The number of unbranched alkanes of at least 4 members (excludes halogenated alkanes) is 2. The Hall–Kier alpha value is -1.00. The molecule has 2 N–H and O–H groups in total. The first kappa shape index (κ1) is 29.2. The smallest absolute Gasteiger partial charge is 0.142 e. The van der Waals surface area contributed by atoms with E-state index in [1.54, 1.807) is 0 Å². The number of hydrogen-bond donors (Lipinski definition) is 2. The van der Waals surface area contributed by atoms with Crippen LogP contribution >= 0.6 is 0 Å². The summed E-state index contributed by atoms with van der Waals surface area (Å²) < 4.78 is 0. The van der Waals surface area contributed by atoms with Crippen LogP contribution in [0.5, 0.6) is 0 Å². The molecule has 0 spiro atoms. The zero-order valence-corrected chi connectivity index (χ0v) is 22.5. The molecule has 0 aliphatic heterocycles. The summed E-state index contributed by atoms with van der Waals surface area (Å²) in [6.45, 7) is 8.79. The highest BCUT2D eigenvalue weighted by molar-refractivity contribution is 5.87. The molecule has 2 fully saturated rings. The fraction of sp³-hybridized carbons (Fsp3) is 0.867. The fourth-order valence-electron chi connectivity index (χ4n) is 5.71. The van der Waals surface area contributed by atoms with E-state index in [4.69, 9.17) is 0 Å². The first-order valence-electron chi connectivity index (χ1n) is 14.1. The number of rotatable bonds is 14. The molecule has 4 heteroatoms. The van der Waals surface area contributed by atoms with Crippen molar-refractivity contribution in [1.29, 1.82) is 0 Å². The van der Waals surface area contributed by atoms with Crippen molar-refractivity contribution in [1.82, 2.24) is 0 Å². The van der Waals surface area contributed by atoms with Crippen molar-refractivity contribution in [2.75, 3.05) is 13.2 Å². The minimum Gasteiger partial charge on any atom is -0.396 e. The topological polar surface area (TPSA) is 74.6 Å². The quantitative estimate of drug-likeness (QED) is 0.217. The summed E-state index contributed by atoms with van der Waals surface area (Å²) in [7, 11) is 0. The summed E-state index contributed by atoms with van der Waals surface area (Å²) in [4.78, 5) is 26.2. The maximum atomic E-state index is 13.1. The zero-order chi connectivity index (χ0) is 25.2. The van der Waals surface area contributed by atoms with Crippen molar-refractivity contribution in [3.05, 3.63) is 12.2 Å². The number of carbonyl (C=O) groups excluding carboxylic acids is 2. The molecule has 2 aliphatic rings. The zero-order valence-electron chi connectivity index (χ0n) is 22.5. The van der Waals surface area contributed by atoms with E-state index in [9.17, 15) is 19.8 Å². The first-order valence-corrected chi connectivity index (χ1v) is 14.1. The van der Waals surface area contributed by atoms with Gasteiger partial charge in [0.1, 0.15) is 11.6 Å². The Kier molecular flexibility index (Phi) is 12.0. The third kappa shape index (κ3) is 9.57. The highest BCUT2D eigenvalue weighted by Crippen LogP contribution is 2.34. The van der Waals surface area contributed by atoms with Gasteiger partial charge in [0.25, 0.3) is 0 Å². The van der Waals surface area contributed by atoms with E-state index in [1.165, 1.54) is 0 Å². The van der Waals surface area contributed by atoms with Gasteiger partial charge in [-0.1, -0.05) is 78.4 Å². The monoisotopic (exact) mass is 476 g/mol. The second-order valence-electron chi connectivity index (χ2n) is 12.8. The van der Waals surface area contributed by atoms with Gasteiger partial charge < -0.3 is 10.2 Å². The van der Waals surface area contributed by atoms with Crippen LogP contribution in [-0.4, -0.2) is 35.0 Å². The van der Waals surface area contributed by atoms with Crippen molar-refractivity contribution < 1.29 is 19.8 Å². The second-order valence-corrected chi connectivity index (χ2v) is 12.8. The number of aliphatic hydroxyl groups excluding tert-OH is 2. The van der Waals surface area contributed by atoms with E-state index in [0.29, 0.717) is 11.6 Å². The molecule has 2 rings (SSSR count). The molecule has 2 aliphatic carbocycles. The van der Waals surface area contributed by atoms with Gasteiger partial charge >= 0.3 is 0 Å². The van der Waals surface area contributed by atoms with E-state index in [-0.39, 0.29) is 47.7 Å². The van der Waals surface area contributed by atoms with Crippen LogP contribution in [0, 0.1) is 34.5 Å². The summed E-state index contributed by atoms with van der Waals surface area (Å²) >= 11 is 0. The molecule has 0 aromatic rings. The lowest BCUT2D eigenvalue weighted by atomic mass is 9.75. The molecule has 0 heterocycles. The van der Waals surface area contributed by atoms with Crippen LogP contribution in [0.15, 0.2) is 12.2 Å². The summed E-state index contributed by atoms with van der Waals surface area (Å²) in [5.41, 5.74) is -0.0511. The van der Waals surface area contributed by atoms with Crippen LogP contribution in [0.3, 0.4) is 0 Å². The van der Waals surface area contributed by atoms with Gasteiger partial charge in [-0.15, -0.1) is 0 Å². The van der Waals surface area contributed by atoms with Crippen LogP contribution in [0.25, 0.3) is 0 Å². The number of hydrogen-bond acceptors (Lipinski definition) is 4. The van der Waals surface area contributed by atoms with Gasteiger partial charge in [-0.2, -0.15) is 0 Å². The minimum atomic E-state index is -0.0255. The van der Waals surface area contributed by atoms with E-state index in [1.807, 2.05) is 0 Å². The maximum absolute atomic E-state index is 13.1. The largest absolute Gasteiger partial charge is 0.396 e. The average molecular weight is 477 g/mol. The van der Waals surface area contributed by atoms with Gasteiger partial charge in [0.15, 0.2) is 0 Å². The number of carbonyl (C=O) groups is 2. The molecular weight excluding hydrogens is 424 g/mol. The molecule has 0 amide bonds. The minimum absolute atomic E-state index is 0.0125. The third-order valence-corrected chi connectivity index (χ3v) is 8.42. The van der Waals surface area contributed by atoms with Gasteiger partial charge in [-0.25, -0.2) is 0 Å². The lowest BCUT2D eigenvalue weighted by molar-refractivity contribution is -0.129. The van der Waals surface area contributed by atoms with Crippen molar-refractivity contribution in [3.63, 3.8) is 0 Å². The van der Waals surface area contributed by atoms with Crippen molar-refractivity contribution in [2.45, 2.75) is 118 Å². The van der Waals surface area contributed by atoms with Gasteiger partial charge in [0.05, 0.1) is 0 Å². The molecule has 0 radical (unpaired) electrons. The maximum Gasteiger partial charge on any atom is 0.142 e. The molecule has 0 saturated heterocycles. The van der Waals surface area contributed by atoms with Crippen molar-refractivity contribution in [3.8, 4) is 0 Å². The average Bonchev–Trinajstić information content (AvgIpc) is 2.81. The number of allylic oxidation sites excluding steroid dienone is 2. The molecule has 34 heavy (non-hydrogen) atoms. The van der Waals surface area contributed by atoms with Crippen LogP contribution in [0.2, 0.25) is 0 Å². The second kappa shape index (κ2) is 13.9. The summed E-state index contributed by atoms with van der Waals surface area (Å²) in [6.07, 6.45) is 18.4. The van der Waals surface area contributed by atoms with Crippen LogP contribution in [-0.2, 0) is 9.59 Å². The molecule has 2 saturated carbocycles. The third-order valence-electron chi connectivity index (χ3n) is 8.42. The number of Topliss-reactive ketones (excluding diaryl/α,β-unsaturated/α-hetero) is 2. The molecule has 4 nitrogen and oxygen atoms in total. The SMILES string of the molecule is CC(C)(CO)CCCCC1CCCC(/C=C\C2CCCC(CCCCC(C)(C)CO)C2=O)C1=O. The lowest BCUT2D eigenvalue weighted by Crippen LogP contribution is -2.29. The van der Waals surface area contributed by atoms with E-state index in [2.05, 4.69) is 39.8 Å². The normalized spacial score (nSPS) is 27.0. The Balaban J connectivity index is 1.79. The predicted molar refractivity (Wildman–Crippen MR) is 139 cm³/mol. The Morgan fingerprint density at radius 1 is 0.676 bits per heavy atom. The molecular formula is C30H52O4. The van der Waals surface area contributed by atoms with Crippen LogP contribution in [0.1, 0.15) is 118 Å². The van der Waals surface area contributed by atoms with E-state index < -0.39 is 0 Å². The van der Waals surface area contributed by atoms with Crippen molar-refractivity contribution >= 4 is 11.6 Å². The standard InChI is InChI=1S/C30H52O4/c1-29(2,21-31)19-7-5-11-23-13-9-15-25(27(23)33)17-18-26-16-10-14-24(28(26)34)12-6-8-20-30(3,4)22-32/h17-18,23-26,31-32H,5-16,19-22H2,1-4H3/b18-17-. The van der Waals surface area contributed by atoms with E-state index in [0.717, 1.165) is 89.9 Å². The molecule has 0 bridgehead atoms. The van der Waals surface area contributed by atoms with Gasteiger partial charge in [0, 0.05) is 36.9 Å². The lowest BCUT2D eigenvalue weighted by Gasteiger charge is -2.29. The molecule has 0 aromatic heterocycles.